The Balaban J connectivity index is 2.30. The largest absolute Gasteiger partial charge is 0.465 e. The summed E-state index contributed by atoms with van der Waals surface area (Å²) in [5.74, 6) is -0.697. The second-order valence-electron chi connectivity index (χ2n) is 3.58. The number of para-hydroxylation sites is 1. The minimum Gasteiger partial charge on any atom is -0.465 e. The Kier molecular flexibility index (Phi) is 3.69. The van der Waals surface area contributed by atoms with Crippen LogP contribution in [-0.2, 0) is 9.53 Å². The number of aromatic nitrogens is 3. The number of carbonyl (C=O) groups excluding carboxylic acids is 1. The van der Waals surface area contributed by atoms with Crippen molar-refractivity contribution in [3.05, 3.63) is 47.8 Å². The lowest BCUT2D eigenvalue weighted by molar-refractivity contribution is -0.135. The molecule has 0 radical (unpaired) electrons. The Morgan fingerprint density at radius 2 is 2.16 bits per heavy atom. The molecule has 0 aliphatic rings. The average Bonchev–Trinajstić information content (AvgIpc) is 2.93. The third-order valence-corrected chi connectivity index (χ3v) is 2.35. The molecule has 0 fully saturated rings. The molecule has 94 valence electrons. The Labute approximate surface area is 109 Å². The monoisotopic (exact) mass is 254 g/mol. The van der Waals surface area contributed by atoms with E-state index < -0.39 is 5.97 Å². The highest BCUT2D eigenvalue weighted by molar-refractivity contribution is 5.97. The quantitative estimate of drug-likeness (QED) is 0.469. The fraction of sp³-hybridized carbons (Fsp3) is 0.0769. The van der Waals surface area contributed by atoms with E-state index in [9.17, 15) is 4.79 Å². The number of nitriles is 1. The topological polar surface area (TPSA) is 80.8 Å². The number of carbonyl (C=O) groups is 1. The minimum absolute atomic E-state index is 0.123. The standard InChI is InChI=1S/C13H10N4O2/c1-19-13(18)10(8-14)7-11-9-17(16-15-11)12-5-3-2-4-6-12/h2-7,9H,1H3. The molecule has 0 amide bonds. The van der Waals surface area contributed by atoms with Gasteiger partial charge in [0, 0.05) is 0 Å². The van der Waals surface area contributed by atoms with Gasteiger partial charge in [-0.25, -0.2) is 9.48 Å². The summed E-state index contributed by atoms with van der Waals surface area (Å²) < 4.78 is 6.04. The summed E-state index contributed by atoms with van der Waals surface area (Å²) in [6.45, 7) is 0. The van der Waals surface area contributed by atoms with Gasteiger partial charge in [0.15, 0.2) is 0 Å². The van der Waals surface area contributed by atoms with Crippen LogP contribution in [-0.4, -0.2) is 28.1 Å². The number of benzene rings is 1. The van der Waals surface area contributed by atoms with Crippen molar-refractivity contribution in [2.24, 2.45) is 0 Å². The summed E-state index contributed by atoms with van der Waals surface area (Å²) in [6.07, 6.45) is 2.95. The van der Waals surface area contributed by atoms with Gasteiger partial charge in [0.2, 0.25) is 0 Å². The number of esters is 1. The lowest BCUT2D eigenvalue weighted by atomic mass is 10.2. The first-order valence-electron chi connectivity index (χ1n) is 5.42. The highest BCUT2D eigenvalue weighted by atomic mass is 16.5. The SMILES string of the molecule is COC(=O)C(C#N)=Cc1cn(-c2ccccc2)nn1. The van der Waals surface area contributed by atoms with Gasteiger partial charge in [0.1, 0.15) is 17.3 Å². The summed E-state index contributed by atoms with van der Waals surface area (Å²) in [7, 11) is 1.22. The molecule has 0 atom stereocenters. The maximum Gasteiger partial charge on any atom is 0.348 e. The van der Waals surface area contributed by atoms with Gasteiger partial charge in [-0.3, -0.25) is 0 Å². The van der Waals surface area contributed by atoms with Crippen molar-refractivity contribution in [3.8, 4) is 11.8 Å². The molecule has 0 aliphatic heterocycles. The van der Waals surface area contributed by atoms with Gasteiger partial charge < -0.3 is 4.74 Å². The van der Waals surface area contributed by atoms with Gasteiger partial charge in [-0.05, 0) is 18.2 Å². The third-order valence-electron chi connectivity index (χ3n) is 2.35. The smallest absolute Gasteiger partial charge is 0.348 e. The molecule has 1 aromatic heterocycles. The van der Waals surface area contributed by atoms with E-state index in [0.717, 1.165) is 5.69 Å². The molecule has 2 aromatic rings. The Bertz CT molecular complexity index is 653. The van der Waals surface area contributed by atoms with Crippen LogP contribution in [0.3, 0.4) is 0 Å². The van der Waals surface area contributed by atoms with Crippen LogP contribution >= 0.6 is 0 Å². The number of hydrogen-bond donors (Lipinski definition) is 0. The van der Waals surface area contributed by atoms with Gasteiger partial charge in [-0.2, -0.15) is 5.26 Å². The van der Waals surface area contributed by atoms with Crippen LogP contribution < -0.4 is 0 Å². The molecule has 0 saturated heterocycles. The van der Waals surface area contributed by atoms with E-state index in [1.807, 2.05) is 30.3 Å². The van der Waals surface area contributed by atoms with Crippen molar-refractivity contribution < 1.29 is 9.53 Å². The van der Waals surface area contributed by atoms with Gasteiger partial charge in [-0.1, -0.05) is 23.4 Å². The molecule has 0 spiro atoms. The molecule has 0 saturated carbocycles. The van der Waals surface area contributed by atoms with E-state index in [0.29, 0.717) is 5.69 Å². The summed E-state index contributed by atoms with van der Waals surface area (Å²) in [5, 5.41) is 16.6. The summed E-state index contributed by atoms with van der Waals surface area (Å²) in [5.41, 5.74) is 1.12. The number of nitrogens with zero attached hydrogens (tertiary/aromatic N) is 4. The van der Waals surface area contributed by atoms with Gasteiger partial charge in [-0.15, -0.1) is 5.10 Å². The predicted molar refractivity (Wildman–Crippen MR) is 67.0 cm³/mol. The van der Waals surface area contributed by atoms with E-state index in [-0.39, 0.29) is 5.57 Å². The minimum atomic E-state index is -0.697. The molecule has 1 aromatic carbocycles. The van der Waals surface area contributed by atoms with E-state index >= 15 is 0 Å². The third kappa shape index (κ3) is 2.84. The van der Waals surface area contributed by atoms with Gasteiger partial charge in [0.05, 0.1) is 19.0 Å². The fourth-order valence-corrected chi connectivity index (χ4v) is 1.44. The highest BCUT2D eigenvalue weighted by Crippen LogP contribution is 2.09. The normalized spacial score (nSPS) is 10.8. The molecule has 0 unspecified atom stereocenters. The van der Waals surface area contributed by atoms with Crippen LogP contribution in [0.5, 0.6) is 0 Å². The van der Waals surface area contributed by atoms with Crippen LogP contribution in [0.25, 0.3) is 11.8 Å². The molecular formula is C13H10N4O2. The lowest BCUT2D eigenvalue weighted by Crippen LogP contribution is -2.02. The van der Waals surface area contributed by atoms with Crippen molar-refractivity contribution in [1.29, 1.82) is 5.26 Å². The van der Waals surface area contributed by atoms with Crippen LogP contribution in [0.15, 0.2) is 42.1 Å². The van der Waals surface area contributed by atoms with Crippen LogP contribution in [0.2, 0.25) is 0 Å². The van der Waals surface area contributed by atoms with E-state index in [1.54, 1.807) is 16.9 Å². The fourth-order valence-electron chi connectivity index (χ4n) is 1.44. The Morgan fingerprint density at radius 3 is 2.79 bits per heavy atom. The van der Waals surface area contributed by atoms with Crippen LogP contribution in [0.1, 0.15) is 5.69 Å². The molecule has 2 rings (SSSR count). The molecule has 6 nitrogen and oxygen atoms in total. The summed E-state index contributed by atoms with van der Waals surface area (Å²) in [4.78, 5) is 11.3. The molecule has 0 aliphatic carbocycles. The predicted octanol–water partition coefficient (Wildman–Crippen LogP) is 1.35. The molecule has 6 heteroatoms. The first-order chi connectivity index (χ1) is 9.24. The first kappa shape index (κ1) is 12.5. The van der Waals surface area contributed by atoms with Gasteiger partial charge >= 0.3 is 5.97 Å². The van der Waals surface area contributed by atoms with Crippen molar-refractivity contribution in [2.75, 3.05) is 7.11 Å². The Morgan fingerprint density at radius 1 is 1.42 bits per heavy atom. The van der Waals surface area contributed by atoms with E-state index in [2.05, 4.69) is 15.0 Å². The van der Waals surface area contributed by atoms with Crippen LogP contribution in [0.4, 0.5) is 0 Å². The number of ether oxygens (including phenoxy) is 1. The number of rotatable bonds is 3. The zero-order valence-electron chi connectivity index (χ0n) is 10.1. The maximum atomic E-state index is 11.3. The molecule has 1 heterocycles. The second-order valence-corrected chi connectivity index (χ2v) is 3.58. The van der Waals surface area contributed by atoms with Crippen molar-refractivity contribution in [1.82, 2.24) is 15.0 Å². The average molecular weight is 254 g/mol. The lowest BCUT2D eigenvalue weighted by Gasteiger charge is -1.97. The number of hydrogen-bond acceptors (Lipinski definition) is 5. The van der Waals surface area contributed by atoms with E-state index in [4.69, 9.17) is 5.26 Å². The van der Waals surface area contributed by atoms with Crippen molar-refractivity contribution in [2.45, 2.75) is 0 Å². The number of methoxy groups -OCH3 is 1. The van der Waals surface area contributed by atoms with Gasteiger partial charge in [0.25, 0.3) is 0 Å². The second kappa shape index (κ2) is 5.60. The highest BCUT2D eigenvalue weighted by Gasteiger charge is 2.10. The molecule has 19 heavy (non-hydrogen) atoms. The molecule has 0 N–H and O–H groups in total. The zero-order chi connectivity index (χ0) is 13.7. The Hall–Kier alpha value is -2.94. The van der Waals surface area contributed by atoms with Crippen molar-refractivity contribution >= 4 is 12.0 Å². The summed E-state index contributed by atoms with van der Waals surface area (Å²) >= 11 is 0. The van der Waals surface area contributed by atoms with Crippen molar-refractivity contribution in [3.63, 3.8) is 0 Å². The van der Waals surface area contributed by atoms with E-state index in [1.165, 1.54) is 13.2 Å². The van der Waals surface area contributed by atoms with Crippen LogP contribution in [0, 0.1) is 11.3 Å². The maximum absolute atomic E-state index is 11.3. The molecule has 0 bridgehead atoms. The molecular weight excluding hydrogens is 244 g/mol. The zero-order valence-corrected chi connectivity index (χ0v) is 10.1. The summed E-state index contributed by atoms with van der Waals surface area (Å²) in [6, 6.07) is 11.1. The first-order valence-corrected chi connectivity index (χ1v) is 5.42.